The first-order valence-corrected chi connectivity index (χ1v) is 8.76. The number of carbonyl (C=O) groups is 2. The zero-order valence-electron chi connectivity index (χ0n) is 14.1. The molecular weight excluding hydrogens is 308 g/mol. The van der Waals surface area contributed by atoms with Crippen molar-refractivity contribution in [3.63, 3.8) is 0 Å². The van der Waals surface area contributed by atoms with Gasteiger partial charge in [0.2, 0.25) is 11.8 Å². The lowest BCUT2D eigenvalue weighted by atomic mass is 9.85. The van der Waals surface area contributed by atoms with Crippen molar-refractivity contribution in [1.29, 1.82) is 0 Å². The molecule has 1 aromatic heterocycles. The molecule has 0 saturated carbocycles. The molecule has 4 heterocycles. The van der Waals surface area contributed by atoms with Gasteiger partial charge in [0.15, 0.2) is 0 Å². The Hall–Kier alpha value is -1.89. The van der Waals surface area contributed by atoms with E-state index in [-0.39, 0.29) is 17.7 Å². The van der Waals surface area contributed by atoms with Gasteiger partial charge in [0, 0.05) is 52.0 Å². The maximum absolute atomic E-state index is 13.0. The van der Waals surface area contributed by atoms with Gasteiger partial charge in [0.25, 0.3) is 0 Å². The number of ether oxygens (including phenoxy) is 1. The number of nitrogens with zero attached hydrogens (tertiary/aromatic N) is 4. The van der Waals surface area contributed by atoms with E-state index in [0.29, 0.717) is 32.8 Å². The van der Waals surface area contributed by atoms with E-state index in [1.807, 2.05) is 23.0 Å². The van der Waals surface area contributed by atoms with Crippen LogP contribution in [-0.2, 0) is 21.4 Å². The summed E-state index contributed by atoms with van der Waals surface area (Å²) in [7, 11) is 1.85. The highest BCUT2D eigenvalue weighted by Crippen LogP contribution is 2.42. The molecule has 2 amide bonds. The second kappa shape index (κ2) is 5.88. The number of hydrogen-bond donors (Lipinski definition) is 0. The molecular formula is C17H24N4O3. The molecule has 1 spiro atoms. The molecule has 24 heavy (non-hydrogen) atoms. The molecule has 0 N–H and O–H groups in total. The quantitative estimate of drug-likeness (QED) is 0.803. The largest absolute Gasteiger partial charge is 0.381 e. The van der Waals surface area contributed by atoms with Crippen LogP contribution in [0.3, 0.4) is 0 Å². The number of carbonyl (C=O) groups excluding carboxylic acids is 2. The van der Waals surface area contributed by atoms with Crippen LogP contribution in [0.4, 0.5) is 5.69 Å². The van der Waals surface area contributed by atoms with Crippen LogP contribution >= 0.6 is 0 Å². The summed E-state index contributed by atoms with van der Waals surface area (Å²) in [6.07, 6.45) is 6.81. The summed E-state index contributed by atoms with van der Waals surface area (Å²) in [5.74, 6) is 0.431. The van der Waals surface area contributed by atoms with E-state index >= 15 is 0 Å². The van der Waals surface area contributed by atoms with Crippen LogP contribution in [0.25, 0.3) is 0 Å². The van der Waals surface area contributed by atoms with Gasteiger partial charge in [-0.3, -0.25) is 14.3 Å². The number of amides is 2. The third kappa shape index (κ3) is 2.51. The van der Waals surface area contributed by atoms with Gasteiger partial charge >= 0.3 is 0 Å². The highest BCUT2D eigenvalue weighted by molar-refractivity contribution is 6.00. The second-order valence-corrected chi connectivity index (χ2v) is 7.26. The Labute approximate surface area is 141 Å². The Morgan fingerprint density at radius 2 is 2.04 bits per heavy atom. The molecule has 3 fully saturated rings. The highest BCUT2D eigenvalue weighted by atomic mass is 16.5. The van der Waals surface area contributed by atoms with E-state index in [4.69, 9.17) is 4.74 Å². The summed E-state index contributed by atoms with van der Waals surface area (Å²) >= 11 is 0. The van der Waals surface area contributed by atoms with Gasteiger partial charge in [-0.25, -0.2) is 0 Å². The van der Waals surface area contributed by atoms with Gasteiger partial charge in [0.05, 0.1) is 17.3 Å². The van der Waals surface area contributed by atoms with Gasteiger partial charge in [-0.05, 0) is 25.7 Å². The summed E-state index contributed by atoms with van der Waals surface area (Å²) in [6.45, 7) is 3.32. The minimum atomic E-state index is -0.392. The fourth-order valence-corrected chi connectivity index (χ4v) is 4.26. The molecule has 0 bridgehead atoms. The number of aryl methyl sites for hydroxylation is 1. The first-order chi connectivity index (χ1) is 11.6. The molecule has 7 nitrogen and oxygen atoms in total. The predicted molar refractivity (Wildman–Crippen MR) is 87.4 cm³/mol. The molecule has 7 heteroatoms. The number of aromatic nitrogens is 2. The van der Waals surface area contributed by atoms with Gasteiger partial charge in [-0.15, -0.1) is 0 Å². The Morgan fingerprint density at radius 3 is 2.75 bits per heavy atom. The van der Waals surface area contributed by atoms with Crippen molar-refractivity contribution in [2.45, 2.75) is 25.7 Å². The van der Waals surface area contributed by atoms with Crippen LogP contribution in [0, 0.1) is 11.3 Å². The average Bonchev–Trinajstić information content (AvgIpc) is 3.30. The molecule has 0 aromatic carbocycles. The summed E-state index contributed by atoms with van der Waals surface area (Å²) in [5.41, 5.74) is 0.463. The summed E-state index contributed by atoms with van der Waals surface area (Å²) in [4.78, 5) is 29.5. The van der Waals surface area contributed by atoms with Crippen molar-refractivity contribution in [3.05, 3.63) is 12.4 Å². The second-order valence-electron chi connectivity index (χ2n) is 7.26. The van der Waals surface area contributed by atoms with Gasteiger partial charge < -0.3 is 14.5 Å². The highest BCUT2D eigenvalue weighted by Gasteiger charge is 2.52. The Morgan fingerprint density at radius 1 is 1.29 bits per heavy atom. The van der Waals surface area contributed by atoms with E-state index < -0.39 is 5.41 Å². The molecule has 130 valence electrons. The van der Waals surface area contributed by atoms with E-state index in [9.17, 15) is 9.59 Å². The molecule has 1 aromatic rings. The van der Waals surface area contributed by atoms with Crippen LogP contribution in [-0.4, -0.2) is 59.3 Å². The summed E-state index contributed by atoms with van der Waals surface area (Å²) < 4.78 is 7.06. The Kier molecular flexibility index (Phi) is 3.83. The first-order valence-electron chi connectivity index (χ1n) is 8.76. The molecule has 1 atom stereocenters. The van der Waals surface area contributed by atoms with Gasteiger partial charge in [-0.2, -0.15) is 5.10 Å². The molecule has 1 unspecified atom stereocenters. The van der Waals surface area contributed by atoms with Crippen LogP contribution in [0.2, 0.25) is 0 Å². The smallest absolute Gasteiger partial charge is 0.235 e. The van der Waals surface area contributed by atoms with Gasteiger partial charge in [0.1, 0.15) is 0 Å². The minimum Gasteiger partial charge on any atom is -0.381 e. The number of likely N-dealkylation sites (tertiary alicyclic amines) is 1. The lowest BCUT2D eigenvalue weighted by Crippen LogP contribution is -2.41. The molecule has 0 radical (unpaired) electrons. The Balaban J connectivity index is 1.45. The predicted octanol–water partition coefficient (Wildman–Crippen LogP) is 0.802. The number of anilines is 1. The van der Waals surface area contributed by atoms with Crippen molar-refractivity contribution >= 4 is 17.5 Å². The van der Waals surface area contributed by atoms with Crippen molar-refractivity contribution in [2.75, 3.05) is 37.7 Å². The summed E-state index contributed by atoms with van der Waals surface area (Å²) in [6, 6.07) is 0. The molecule has 3 saturated heterocycles. The lowest BCUT2D eigenvalue weighted by Gasteiger charge is -2.28. The maximum atomic E-state index is 13.0. The van der Waals surface area contributed by atoms with Crippen molar-refractivity contribution in [1.82, 2.24) is 14.7 Å². The van der Waals surface area contributed by atoms with Crippen LogP contribution < -0.4 is 4.90 Å². The molecule has 4 rings (SSSR count). The van der Waals surface area contributed by atoms with E-state index in [2.05, 4.69) is 5.10 Å². The normalized spacial score (nSPS) is 28.3. The molecule has 3 aliphatic heterocycles. The fraction of sp³-hybridized carbons (Fsp3) is 0.706. The average molecular weight is 332 g/mol. The number of rotatable bonds is 2. The minimum absolute atomic E-state index is 0.0693. The van der Waals surface area contributed by atoms with Gasteiger partial charge in [-0.1, -0.05) is 0 Å². The van der Waals surface area contributed by atoms with E-state index in [1.54, 1.807) is 10.9 Å². The number of hydrogen-bond acceptors (Lipinski definition) is 4. The summed E-state index contributed by atoms with van der Waals surface area (Å²) in [5, 5.41) is 4.16. The van der Waals surface area contributed by atoms with Crippen molar-refractivity contribution in [3.8, 4) is 0 Å². The van der Waals surface area contributed by atoms with Crippen LogP contribution in [0.15, 0.2) is 12.4 Å². The zero-order valence-corrected chi connectivity index (χ0v) is 14.1. The SMILES string of the molecule is Cn1cc(N2CCC3(CCN(C(=O)C4CCOCC4)C3)C2=O)cn1. The first kappa shape index (κ1) is 15.6. The molecule has 3 aliphatic rings. The third-order valence-corrected chi connectivity index (χ3v) is 5.75. The van der Waals surface area contributed by atoms with Crippen LogP contribution in [0.1, 0.15) is 25.7 Å². The monoisotopic (exact) mass is 332 g/mol. The van der Waals surface area contributed by atoms with E-state index in [1.165, 1.54) is 0 Å². The van der Waals surface area contributed by atoms with Crippen molar-refractivity contribution in [2.24, 2.45) is 18.4 Å². The Bertz CT molecular complexity index is 652. The van der Waals surface area contributed by atoms with E-state index in [0.717, 1.165) is 31.4 Å². The zero-order chi connectivity index (χ0) is 16.7. The van der Waals surface area contributed by atoms with Crippen LogP contribution in [0.5, 0.6) is 0 Å². The standard InChI is InChI=1S/C17H24N4O3/c1-19-11-14(10-18-19)21-7-5-17(16(21)23)4-6-20(12-17)15(22)13-2-8-24-9-3-13/h10-11,13H,2-9,12H2,1H3. The fourth-order valence-electron chi connectivity index (χ4n) is 4.26. The third-order valence-electron chi connectivity index (χ3n) is 5.75. The maximum Gasteiger partial charge on any atom is 0.235 e. The van der Waals surface area contributed by atoms with Crippen molar-refractivity contribution < 1.29 is 14.3 Å². The lowest BCUT2D eigenvalue weighted by molar-refractivity contribution is -0.138. The molecule has 0 aliphatic carbocycles. The topological polar surface area (TPSA) is 67.7 Å².